The Labute approximate surface area is 111 Å². The van der Waals surface area contributed by atoms with E-state index in [1.807, 2.05) is 18.2 Å². The van der Waals surface area contributed by atoms with Gasteiger partial charge in [-0.3, -0.25) is 0 Å². The smallest absolute Gasteiger partial charge is 0.225 e. The molecule has 1 aliphatic heterocycles. The molecule has 1 saturated heterocycles. The highest BCUT2D eigenvalue weighted by Crippen LogP contribution is 2.18. The van der Waals surface area contributed by atoms with Gasteiger partial charge in [-0.15, -0.1) is 0 Å². The lowest BCUT2D eigenvalue weighted by Gasteiger charge is -2.36. The summed E-state index contributed by atoms with van der Waals surface area (Å²) in [6.45, 7) is 3.54. The van der Waals surface area contributed by atoms with Gasteiger partial charge in [0, 0.05) is 44.3 Å². The minimum atomic E-state index is -0.194. The summed E-state index contributed by atoms with van der Waals surface area (Å²) in [7, 11) is 0. The van der Waals surface area contributed by atoms with Crippen molar-refractivity contribution in [2.75, 3.05) is 36.0 Å². The lowest BCUT2D eigenvalue weighted by molar-refractivity contribution is 0.623. The van der Waals surface area contributed by atoms with Crippen molar-refractivity contribution in [3.63, 3.8) is 0 Å². The van der Waals surface area contributed by atoms with Crippen molar-refractivity contribution in [1.82, 2.24) is 9.97 Å². The topological polar surface area (TPSA) is 32.3 Å². The number of rotatable bonds is 2. The van der Waals surface area contributed by atoms with Gasteiger partial charge in [0.1, 0.15) is 5.82 Å². The van der Waals surface area contributed by atoms with Gasteiger partial charge < -0.3 is 9.80 Å². The first-order valence-corrected chi connectivity index (χ1v) is 6.35. The van der Waals surface area contributed by atoms with Gasteiger partial charge >= 0.3 is 0 Å². The van der Waals surface area contributed by atoms with E-state index < -0.39 is 0 Å². The Balaban J connectivity index is 1.65. The Hall–Kier alpha value is -2.17. The number of benzene rings is 1. The molecule has 0 saturated carbocycles. The van der Waals surface area contributed by atoms with Crippen LogP contribution in [0.15, 0.2) is 42.7 Å². The van der Waals surface area contributed by atoms with Crippen molar-refractivity contribution in [3.05, 3.63) is 48.5 Å². The summed E-state index contributed by atoms with van der Waals surface area (Å²) in [6, 6.07) is 8.47. The van der Waals surface area contributed by atoms with Crippen LogP contribution < -0.4 is 9.80 Å². The zero-order chi connectivity index (χ0) is 13.1. The van der Waals surface area contributed by atoms with E-state index in [1.54, 1.807) is 12.4 Å². The first kappa shape index (κ1) is 11.9. The maximum atomic E-state index is 12.9. The summed E-state index contributed by atoms with van der Waals surface area (Å²) in [5, 5.41) is 0. The molecule has 98 valence electrons. The Morgan fingerprint density at radius 2 is 1.42 bits per heavy atom. The molecule has 1 aromatic carbocycles. The van der Waals surface area contributed by atoms with E-state index in [-0.39, 0.29) is 5.82 Å². The van der Waals surface area contributed by atoms with E-state index in [4.69, 9.17) is 0 Å². The van der Waals surface area contributed by atoms with Gasteiger partial charge in [-0.05, 0) is 30.3 Å². The molecule has 0 radical (unpaired) electrons. The second-order valence-electron chi connectivity index (χ2n) is 4.50. The van der Waals surface area contributed by atoms with Crippen LogP contribution >= 0.6 is 0 Å². The fraction of sp³-hybridized carbons (Fsp3) is 0.286. The normalized spacial score (nSPS) is 15.6. The average molecular weight is 258 g/mol. The van der Waals surface area contributed by atoms with Crippen LogP contribution in [0.4, 0.5) is 16.0 Å². The third kappa shape index (κ3) is 2.65. The molecule has 2 aromatic rings. The van der Waals surface area contributed by atoms with E-state index in [0.29, 0.717) is 0 Å². The number of anilines is 2. The fourth-order valence-electron chi connectivity index (χ4n) is 2.27. The quantitative estimate of drug-likeness (QED) is 0.824. The molecule has 1 fully saturated rings. The van der Waals surface area contributed by atoms with Crippen LogP contribution in [0.5, 0.6) is 0 Å². The van der Waals surface area contributed by atoms with Crippen molar-refractivity contribution in [2.45, 2.75) is 0 Å². The molecule has 0 aliphatic carbocycles. The van der Waals surface area contributed by atoms with Crippen molar-refractivity contribution in [2.24, 2.45) is 0 Å². The largest absolute Gasteiger partial charge is 0.368 e. The van der Waals surface area contributed by atoms with Crippen LogP contribution in [0.25, 0.3) is 0 Å². The van der Waals surface area contributed by atoms with Crippen LogP contribution in [-0.2, 0) is 0 Å². The molecule has 0 unspecified atom stereocenters. The van der Waals surface area contributed by atoms with Crippen molar-refractivity contribution < 1.29 is 4.39 Å². The minimum Gasteiger partial charge on any atom is -0.368 e. The molecule has 4 nitrogen and oxygen atoms in total. The molecule has 0 bridgehead atoms. The Morgan fingerprint density at radius 3 is 2.05 bits per heavy atom. The molecule has 2 heterocycles. The number of aromatic nitrogens is 2. The van der Waals surface area contributed by atoms with Crippen molar-refractivity contribution in [3.8, 4) is 0 Å². The number of hydrogen-bond donors (Lipinski definition) is 0. The Bertz CT molecular complexity index is 521. The third-order valence-electron chi connectivity index (χ3n) is 3.31. The molecular weight excluding hydrogens is 243 g/mol. The van der Waals surface area contributed by atoms with Crippen LogP contribution in [0.2, 0.25) is 0 Å². The van der Waals surface area contributed by atoms with Crippen LogP contribution in [-0.4, -0.2) is 36.1 Å². The van der Waals surface area contributed by atoms with Gasteiger partial charge in [0.2, 0.25) is 5.95 Å². The maximum absolute atomic E-state index is 12.9. The summed E-state index contributed by atoms with van der Waals surface area (Å²) >= 11 is 0. The number of hydrogen-bond acceptors (Lipinski definition) is 4. The highest BCUT2D eigenvalue weighted by atomic mass is 19.1. The summed E-state index contributed by atoms with van der Waals surface area (Å²) < 4.78 is 12.9. The van der Waals surface area contributed by atoms with Gasteiger partial charge in [-0.25, -0.2) is 14.4 Å². The van der Waals surface area contributed by atoms with E-state index >= 15 is 0 Å². The fourth-order valence-corrected chi connectivity index (χ4v) is 2.27. The molecule has 3 rings (SSSR count). The highest BCUT2D eigenvalue weighted by molar-refractivity contribution is 5.48. The molecular formula is C14H15FN4. The number of halogens is 1. The second kappa shape index (κ2) is 5.22. The van der Waals surface area contributed by atoms with Gasteiger partial charge in [-0.2, -0.15) is 0 Å². The molecule has 0 amide bonds. The van der Waals surface area contributed by atoms with Gasteiger partial charge in [0.05, 0.1) is 0 Å². The first-order chi connectivity index (χ1) is 9.33. The van der Waals surface area contributed by atoms with Crippen LogP contribution in [0.3, 0.4) is 0 Å². The Kier molecular flexibility index (Phi) is 3.27. The molecule has 0 N–H and O–H groups in total. The van der Waals surface area contributed by atoms with Crippen molar-refractivity contribution in [1.29, 1.82) is 0 Å². The van der Waals surface area contributed by atoms with Gasteiger partial charge in [0.25, 0.3) is 0 Å². The lowest BCUT2D eigenvalue weighted by Crippen LogP contribution is -2.47. The van der Waals surface area contributed by atoms with Gasteiger partial charge in [-0.1, -0.05) is 0 Å². The highest BCUT2D eigenvalue weighted by Gasteiger charge is 2.18. The average Bonchev–Trinajstić information content (AvgIpc) is 2.49. The lowest BCUT2D eigenvalue weighted by atomic mass is 10.2. The third-order valence-corrected chi connectivity index (χ3v) is 3.31. The van der Waals surface area contributed by atoms with Crippen LogP contribution in [0.1, 0.15) is 0 Å². The summed E-state index contributed by atoms with van der Waals surface area (Å²) in [4.78, 5) is 12.9. The van der Waals surface area contributed by atoms with Gasteiger partial charge in [0.15, 0.2) is 0 Å². The molecule has 1 aromatic heterocycles. The first-order valence-electron chi connectivity index (χ1n) is 6.35. The number of piperazine rings is 1. The zero-order valence-electron chi connectivity index (χ0n) is 10.5. The van der Waals surface area contributed by atoms with E-state index in [1.165, 1.54) is 12.1 Å². The molecule has 5 heteroatoms. The van der Waals surface area contributed by atoms with Crippen LogP contribution in [0, 0.1) is 5.82 Å². The number of nitrogens with zero attached hydrogens (tertiary/aromatic N) is 4. The maximum Gasteiger partial charge on any atom is 0.225 e. The van der Waals surface area contributed by atoms with E-state index in [9.17, 15) is 4.39 Å². The minimum absolute atomic E-state index is 0.194. The summed E-state index contributed by atoms with van der Waals surface area (Å²) in [5.41, 5.74) is 1.06. The molecule has 0 spiro atoms. The summed E-state index contributed by atoms with van der Waals surface area (Å²) in [5.74, 6) is 0.585. The van der Waals surface area contributed by atoms with E-state index in [0.717, 1.165) is 37.8 Å². The predicted octanol–water partition coefficient (Wildman–Crippen LogP) is 1.94. The summed E-state index contributed by atoms with van der Waals surface area (Å²) in [6.07, 6.45) is 3.52. The van der Waals surface area contributed by atoms with E-state index in [2.05, 4.69) is 19.8 Å². The second-order valence-corrected chi connectivity index (χ2v) is 4.50. The molecule has 0 atom stereocenters. The zero-order valence-corrected chi connectivity index (χ0v) is 10.5. The predicted molar refractivity (Wildman–Crippen MR) is 72.9 cm³/mol. The molecule has 19 heavy (non-hydrogen) atoms. The molecule has 1 aliphatic rings. The Morgan fingerprint density at radius 1 is 0.842 bits per heavy atom. The monoisotopic (exact) mass is 258 g/mol. The van der Waals surface area contributed by atoms with Crippen molar-refractivity contribution >= 4 is 11.6 Å². The SMILES string of the molecule is Fc1ccc(N2CCN(c3ncccn3)CC2)cc1. The standard InChI is InChI=1S/C14H15FN4/c15-12-2-4-13(5-3-12)18-8-10-19(11-9-18)14-16-6-1-7-17-14/h1-7H,8-11H2.